The standard InChI is InChI=1S/C25H36O5/c26-22-20-7-17-8-21(22)11-25(9-17,10-20)24(27)30-14-18-12-28-23(29-13-18)19-5-15-2-1-3-16(4-15)6-19/h15-21,23H,1-14H2. The SMILES string of the molecule is O=C1C2CC3CC1CC(C(=O)OCC1COC(C4CC5CCCC(C5)C4)OC1)(C3)C2. The van der Waals surface area contributed by atoms with E-state index in [1.165, 1.54) is 38.5 Å². The maximum atomic E-state index is 13.1. The van der Waals surface area contributed by atoms with Crippen LogP contribution in [0.25, 0.3) is 0 Å². The van der Waals surface area contributed by atoms with E-state index in [1.54, 1.807) is 0 Å². The van der Waals surface area contributed by atoms with E-state index in [-0.39, 0.29) is 35.4 Å². The Morgan fingerprint density at radius 3 is 2.23 bits per heavy atom. The molecule has 4 atom stereocenters. The van der Waals surface area contributed by atoms with Gasteiger partial charge < -0.3 is 14.2 Å². The summed E-state index contributed by atoms with van der Waals surface area (Å²) in [5, 5.41) is 0. The molecule has 5 nitrogen and oxygen atoms in total. The molecule has 6 bridgehead atoms. The van der Waals surface area contributed by atoms with Crippen LogP contribution in [0.2, 0.25) is 0 Å². The predicted molar refractivity (Wildman–Crippen MR) is 109 cm³/mol. The fourth-order valence-electron chi connectivity index (χ4n) is 8.28. The number of carbonyl (C=O) groups is 2. The van der Waals surface area contributed by atoms with Crippen molar-refractivity contribution in [3.05, 3.63) is 0 Å². The molecule has 7 rings (SSSR count). The van der Waals surface area contributed by atoms with Crippen molar-refractivity contribution in [2.75, 3.05) is 19.8 Å². The highest BCUT2D eigenvalue weighted by atomic mass is 16.7. The number of fused-ring (bicyclic) bond motifs is 2. The Kier molecular flexibility index (Phi) is 4.98. The smallest absolute Gasteiger partial charge is 0.312 e. The second-order valence-electron chi connectivity index (χ2n) is 11.7. The van der Waals surface area contributed by atoms with Gasteiger partial charge >= 0.3 is 5.97 Å². The molecule has 0 spiro atoms. The van der Waals surface area contributed by atoms with Gasteiger partial charge in [-0.2, -0.15) is 0 Å². The number of Topliss-reactive ketones (excluding diaryl/α,β-unsaturated/α-hetero) is 1. The molecule has 166 valence electrons. The monoisotopic (exact) mass is 416 g/mol. The van der Waals surface area contributed by atoms with Gasteiger partial charge in [0.1, 0.15) is 5.78 Å². The quantitative estimate of drug-likeness (QED) is 0.645. The number of carbonyl (C=O) groups excluding carboxylic acids is 2. The Morgan fingerprint density at radius 2 is 1.57 bits per heavy atom. The molecule has 7 fully saturated rings. The van der Waals surface area contributed by atoms with Gasteiger partial charge in [0, 0.05) is 23.7 Å². The van der Waals surface area contributed by atoms with Crippen LogP contribution in [-0.4, -0.2) is 37.9 Å². The zero-order valence-electron chi connectivity index (χ0n) is 18.1. The van der Waals surface area contributed by atoms with E-state index in [1.807, 2.05) is 0 Å². The molecule has 1 aliphatic heterocycles. The Labute approximate surface area is 179 Å². The van der Waals surface area contributed by atoms with Crippen molar-refractivity contribution >= 4 is 11.8 Å². The highest BCUT2D eigenvalue weighted by Crippen LogP contribution is 2.59. The van der Waals surface area contributed by atoms with E-state index in [4.69, 9.17) is 14.2 Å². The first-order valence-corrected chi connectivity index (χ1v) is 12.5. The summed E-state index contributed by atoms with van der Waals surface area (Å²) in [4.78, 5) is 25.4. The molecule has 0 aromatic rings. The van der Waals surface area contributed by atoms with E-state index in [9.17, 15) is 9.59 Å². The Hall–Kier alpha value is -0.940. The minimum absolute atomic E-state index is 0.0587. The van der Waals surface area contributed by atoms with Gasteiger partial charge in [-0.15, -0.1) is 0 Å². The van der Waals surface area contributed by atoms with E-state index >= 15 is 0 Å². The lowest BCUT2D eigenvalue weighted by molar-refractivity contribution is -0.239. The average molecular weight is 417 g/mol. The van der Waals surface area contributed by atoms with Crippen LogP contribution in [0.1, 0.15) is 70.6 Å². The lowest BCUT2D eigenvalue weighted by Gasteiger charge is -2.54. The summed E-state index contributed by atoms with van der Waals surface area (Å²) < 4.78 is 18.1. The second-order valence-corrected chi connectivity index (χ2v) is 11.7. The van der Waals surface area contributed by atoms with Crippen molar-refractivity contribution < 1.29 is 23.8 Å². The average Bonchev–Trinajstić information content (AvgIpc) is 2.75. The number of hydrogen-bond donors (Lipinski definition) is 0. The van der Waals surface area contributed by atoms with Crippen LogP contribution in [0.5, 0.6) is 0 Å². The van der Waals surface area contributed by atoms with Crippen LogP contribution in [0.15, 0.2) is 0 Å². The second kappa shape index (κ2) is 7.58. The minimum atomic E-state index is -0.386. The summed E-state index contributed by atoms with van der Waals surface area (Å²) >= 11 is 0. The van der Waals surface area contributed by atoms with Crippen LogP contribution < -0.4 is 0 Å². The van der Waals surface area contributed by atoms with Crippen LogP contribution >= 0.6 is 0 Å². The van der Waals surface area contributed by atoms with Crippen molar-refractivity contribution in [1.29, 1.82) is 0 Å². The van der Waals surface area contributed by atoms with Gasteiger partial charge in [0.05, 0.1) is 25.2 Å². The van der Waals surface area contributed by atoms with Gasteiger partial charge in [-0.05, 0) is 69.1 Å². The first-order valence-electron chi connectivity index (χ1n) is 12.5. The van der Waals surface area contributed by atoms with Crippen molar-refractivity contribution in [3.63, 3.8) is 0 Å². The van der Waals surface area contributed by atoms with Crippen molar-refractivity contribution in [2.24, 2.45) is 46.8 Å². The first kappa shape index (κ1) is 19.7. The van der Waals surface area contributed by atoms with Crippen molar-refractivity contribution in [2.45, 2.75) is 76.9 Å². The van der Waals surface area contributed by atoms with Crippen LogP contribution in [0.4, 0.5) is 0 Å². The molecule has 0 amide bonds. The normalized spacial score (nSPS) is 49.8. The minimum Gasteiger partial charge on any atom is -0.465 e. The van der Waals surface area contributed by atoms with Gasteiger partial charge in [0.15, 0.2) is 6.29 Å². The number of rotatable bonds is 4. The number of esters is 1. The van der Waals surface area contributed by atoms with Gasteiger partial charge in [0.25, 0.3) is 0 Å². The molecule has 0 aromatic heterocycles. The summed E-state index contributed by atoms with van der Waals surface area (Å²) in [6.07, 6.45) is 12.4. The molecular formula is C25H36O5. The lowest BCUT2D eigenvalue weighted by atomic mass is 9.49. The van der Waals surface area contributed by atoms with Crippen LogP contribution in [0.3, 0.4) is 0 Å². The molecule has 1 heterocycles. The molecule has 6 aliphatic carbocycles. The third-order valence-corrected chi connectivity index (χ3v) is 9.42. The third kappa shape index (κ3) is 3.44. The Morgan fingerprint density at radius 1 is 0.900 bits per heavy atom. The van der Waals surface area contributed by atoms with E-state index < -0.39 is 0 Å². The Bertz CT molecular complexity index is 666. The highest BCUT2D eigenvalue weighted by Gasteiger charge is 2.59. The predicted octanol–water partition coefficient (Wildman–Crippen LogP) is 4.13. The van der Waals surface area contributed by atoms with Crippen molar-refractivity contribution in [1.82, 2.24) is 0 Å². The Balaban J connectivity index is 0.994. The highest BCUT2D eigenvalue weighted by molar-refractivity contribution is 5.89. The molecule has 0 aromatic carbocycles. The zero-order valence-corrected chi connectivity index (χ0v) is 18.1. The van der Waals surface area contributed by atoms with Gasteiger partial charge in [-0.1, -0.05) is 19.3 Å². The molecule has 0 radical (unpaired) electrons. The molecule has 5 heteroatoms. The third-order valence-electron chi connectivity index (χ3n) is 9.42. The maximum absolute atomic E-state index is 13.1. The number of ether oxygens (including phenoxy) is 3. The summed E-state index contributed by atoms with van der Waals surface area (Å²) in [5.41, 5.74) is -0.386. The summed E-state index contributed by atoms with van der Waals surface area (Å²) in [6.45, 7) is 1.64. The van der Waals surface area contributed by atoms with Gasteiger partial charge in [-0.3, -0.25) is 9.59 Å². The molecule has 7 aliphatic rings. The maximum Gasteiger partial charge on any atom is 0.312 e. The fraction of sp³-hybridized carbons (Fsp3) is 0.920. The molecule has 4 unspecified atom stereocenters. The van der Waals surface area contributed by atoms with Crippen molar-refractivity contribution in [3.8, 4) is 0 Å². The number of hydrogen-bond acceptors (Lipinski definition) is 5. The first-order chi connectivity index (χ1) is 14.6. The summed E-state index contributed by atoms with van der Waals surface area (Å²) in [5.74, 6) is 3.55. The lowest BCUT2D eigenvalue weighted by Crippen LogP contribution is -2.55. The molecule has 0 N–H and O–H groups in total. The van der Waals surface area contributed by atoms with E-state index in [0.29, 0.717) is 37.4 Å². The summed E-state index contributed by atoms with van der Waals surface area (Å²) in [6, 6.07) is 0. The van der Waals surface area contributed by atoms with E-state index in [2.05, 4.69) is 0 Å². The number of ketones is 1. The molecule has 30 heavy (non-hydrogen) atoms. The van der Waals surface area contributed by atoms with Gasteiger partial charge in [-0.25, -0.2) is 0 Å². The van der Waals surface area contributed by atoms with E-state index in [0.717, 1.165) is 43.9 Å². The van der Waals surface area contributed by atoms with Gasteiger partial charge in [0.2, 0.25) is 0 Å². The molecular weight excluding hydrogens is 380 g/mol. The largest absolute Gasteiger partial charge is 0.465 e. The molecule has 1 saturated heterocycles. The molecule has 6 saturated carbocycles. The zero-order chi connectivity index (χ0) is 20.3. The van der Waals surface area contributed by atoms with Crippen LogP contribution in [0, 0.1) is 46.8 Å². The van der Waals surface area contributed by atoms with Crippen LogP contribution in [-0.2, 0) is 23.8 Å². The topological polar surface area (TPSA) is 61.8 Å². The fourth-order valence-corrected chi connectivity index (χ4v) is 8.28. The summed E-state index contributed by atoms with van der Waals surface area (Å²) in [7, 11) is 0.